The summed E-state index contributed by atoms with van der Waals surface area (Å²) in [5, 5.41) is 10.5. The van der Waals surface area contributed by atoms with E-state index in [-0.39, 0.29) is 49.1 Å². The molecule has 9 nitrogen and oxygen atoms in total. The Morgan fingerprint density at radius 3 is 2.39 bits per heavy atom. The van der Waals surface area contributed by atoms with Crippen LogP contribution in [0.15, 0.2) is 23.9 Å². The molecule has 1 aromatic rings. The Balaban J connectivity index is 2.48. The van der Waals surface area contributed by atoms with E-state index >= 15 is 0 Å². The molecule has 170 valence electrons. The molecule has 11 heteroatoms. The van der Waals surface area contributed by atoms with Gasteiger partial charge in [-0.25, -0.2) is 13.2 Å². The Bertz CT molecular complexity index is 1060. The molecule has 1 N–H and O–H groups in total. The monoisotopic (exact) mass is 565 g/mol. The second-order valence-corrected chi connectivity index (χ2v) is 11.3. The largest absolute Gasteiger partial charge is 0.524 e. The molecule has 0 bridgehead atoms. The van der Waals surface area contributed by atoms with Crippen molar-refractivity contribution in [2.24, 2.45) is 0 Å². The molecule has 3 rings (SSSR count). The third-order valence-corrected chi connectivity index (χ3v) is 8.09. The number of ether oxygens (including phenoxy) is 2. The van der Waals surface area contributed by atoms with Crippen molar-refractivity contribution in [3.63, 3.8) is 0 Å². The van der Waals surface area contributed by atoms with Crippen LogP contribution in [-0.4, -0.2) is 68.3 Å². The summed E-state index contributed by atoms with van der Waals surface area (Å²) in [6.45, 7) is 7.22. The highest BCUT2D eigenvalue weighted by atomic mass is 127. The number of carboxylic acid groups (broad SMARTS) is 1. The van der Waals surface area contributed by atoms with Crippen molar-refractivity contribution in [1.29, 1.82) is 0 Å². The fraction of sp³-hybridized carbons (Fsp3) is 0.500. The maximum absolute atomic E-state index is 13.8. The summed E-state index contributed by atoms with van der Waals surface area (Å²) in [6, 6.07) is 4.89. The number of halogens is 1. The van der Waals surface area contributed by atoms with E-state index in [2.05, 4.69) is 0 Å². The highest BCUT2D eigenvalue weighted by molar-refractivity contribution is 14.1. The molecule has 1 fully saturated rings. The Hall–Kier alpha value is -1.54. The van der Waals surface area contributed by atoms with Crippen molar-refractivity contribution in [3.8, 4) is 0 Å². The summed E-state index contributed by atoms with van der Waals surface area (Å²) >= 11 is 2.04. The van der Waals surface area contributed by atoms with Gasteiger partial charge in [0.25, 0.3) is 5.70 Å². The van der Waals surface area contributed by atoms with Crippen LogP contribution in [0.25, 0.3) is 4.91 Å². The number of carbonyl (C=O) groups excluding carboxylic acids is 1. The van der Waals surface area contributed by atoms with Crippen molar-refractivity contribution in [3.05, 3.63) is 33.0 Å². The molecule has 2 aliphatic heterocycles. The predicted molar refractivity (Wildman–Crippen MR) is 124 cm³/mol. The minimum absolute atomic E-state index is 0.0230. The lowest BCUT2D eigenvalue weighted by Gasteiger charge is -2.40. The summed E-state index contributed by atoms with van der Waals surface area (Å²) < 4.78 is 39.1. The molecule has 1 atom stereocenters. The number of fused-ring (bicyclic) bond motifs is 1. The third-order valence-electron chi connectivity index (χ3n) is 5.44. The van der Waals surface area contributed by atoms with E-state index < -0.39 is 37.8 Å². The normalized spacial score (nSPS) is 22.4. The van der Waals surface area contributed by atoms with Crippen molar-refractivity contribution >= 4 is 55.3 Å². The smallest absolute Gasteiger partial charge is 0.458 e. The number of sulfonamides is 1. The third kappa shape index (κ3) is 3.69. The van der Waals surface area contributed by atoms with Gasteiger partial charge in [0, 0.05) is 22.7 Å². The number of hydrogen-bond acceptors (Lipinski definition) is 6. The molecule has 1 aromatic carbocycles. The topological polar surface area (TPSA) is 110 Å². The Morgan fingerprint density at radius 1 is 1.26 bits per heavy atom. The van der Waals surface area contributed by atoms with E-state index in [4.69, 9.17) is 9.47 Å². The first-order chi connectivity index (χ1) is 14.4. The van der Waals surface area contributed by atoms with Gasteiger partial charge < -0.3 is 14.6 Å². The zero-order valence-corrected chi connectivity index (χ0v) is 20.8. The summed E-state index contributed by atoms with van der Waals surface area (Å²) in [7, 11) is -4.22. The van der Waals surface area contributed by atoms with Crippen molar-refractivity contribution in [2.45, 2.75) is 33.2 Å². The molecule has 0 aliphatic carbocycles. The second kappa shape index (κ2) is 8.43. The number of esters is 1. The van der Waals surface area contributed by atoms with Crippen LogP contribution >= 0.6 is 22.6 Å². The Kier molecular flexibility index (Phi) is 6.55. The van der Waals surface area contributed by atoms with Gasteiger partial charge in [-0.15, -0.1) is 4.48 Å². The quantitative estimate of drug-likeness (QED) is 0.340. The van der Waals surface area contributed by atoms with Gasteiger partial charge in [0.1, 0.15) is 5.54 Å². The number of rotatable bonds is 4. The van der Waals surface area contributed by atoms with Crippen LogP contribution in [-0.2, 0) is 24.3 Å². The number of quaternary nitrogens is 1. The number of amides is 1. The first kappa shape index (κ1) is 24.1. The number of morpholine rings is 1. The molecule has 0 saturated carbocycles. The predicted octanol–water partition coefficient (Wildman–Crippen LogP) is 2.98. The zero-order valence-electron chi connectivity index (χ0n) is 17.8. The summed E-state index contributed by atoms with van der Waals surface area (Å²) in [5.74, 6) is -0.960. The fourth-order valence-corrected chi connectivity index (χ4v) is 6.46. The molecule has 0 spiro atoms. The maximum atomic E-state index is 13.8. The molecule has 1 amide bonds. The van der Waals surface area contributed by atoms with Gasteiger partial charge in [0.15, 0.2) is 10.6 Å². The first-order valence-electron chi connectivity index (χ1n) is 9.83. The van der Waals surface area contributed by atoms with Gasteiger partial charge in [-0.2, -0.15) is 9.10 Å². The first-order valence-corrected chi connectivity index (χ1v) is 12.4. The van der Waals surface area contributed by atoms with Crippen LogP contribution in [0.4, 0.5) is 10.5 Å². The van der Waals surface area contributed by atoms with E-state index in [1.165, 1.54) is 4.31 Å². The summed E-state index contributed by atoms with van der Waals surface area (Å²) in [4.78, 5) is 25.8. The van der Waals surface area contributed by atoms with Gasteiger partial charge in [-0.3, -0.25) is 0 Å². The second-order valence-electron chi connectivity index (χ2n) is 8.20. The van der Waals surface area contributed by atoms with Gasteiger partial charge in [-0.05, 0) is 62.4 Å². The molecule has 0 radical (unpaired) electrons. The van der Waals surface area contributed by atoms with Gasteiger partial charge in [0.2, 0.25) is 10.0 Å². The van der Waals surface area contributed by atoms with Crippen LogP contribution < -0.4 is 4.48 Å². The van der Waals surface area contributed by atoms with E-state index in [1.807, 2.05) is 22.6 Å². The van der Waals surface area contributed by atoms with Gasteiger partial charge in [-0.1, -0.05) is 0 Å². The number of carbonyl (C=O) groups is 2. The van der Waals surface area contributed by atoms with Gasteiger partial charge in [0.05, 0.1) is 25.4 Å². The molecule has 31 heavy (non-hydrogen) atoms. The Morgan fingerprint density at radius 2 is 1.87 bits per heavy atom. The minimum Gasteiger partial charge on any atom is -0.458 e. The minimum atomic E-state index is -4.22. The van der Waals surface area contributed by atoms with Crippen molar-refractivity contribution in [1.82, 2.24) is 8.79 Å². The highest BCUT2D eigenvalue weighted by Crippen LogP contribution is 2.53. The Labute approximate surface area is 195 Å². The van der Waals surface area contributed by atoms with E-state index in [0.717, 1.165) is 0 Å². The average molecular weight is 565 g/mol. The fourth-order valence-electron chi connectivity index (χ4n) is 4.17. The lowest BCUT2D eigenvalue weighted by Crippen LogP contribution is -2.64. The van der Waals surface area contributed by atoms with Gasteiger partial charge >= 0.3 is 12.1 Å². The molecule has 2 heterocycles. The molecule has 0 aromatic heterocycles. The molecule has 1 saturated heterocycles. The lowest BCUT2D eigenvalue weighted by molar-refractivity contribution is -0.140. The van der Waals surface area contributed by atoms with Crippen LogP contribution in [0, 0.1) is 3.57 Å². The SMILES string of the molecule is CCOC(=O)C1=C(S(=O)(=O)N2CCOCC2)c2cc(I)ccc2[N+]1(C(=O)O)C(C)(C)C. The van der Waals surface area contributed by atoms with Crippen molar-refractivity contribution < 1.29 is 32.6 Å². The average Bonchev–Trinajstić information content (AvgIpc) is 3.01. The van der Waals surface area contributed by atoms with E-state index in [1.54, 1.807) is 45.9 Å². The van der Waals surface area contributed by atoms with E-state index in [0.29, 0.717) is 3.57 Å². The molecule has 1 unspecified atom stereocenters. The van der Waals surface area contributed by atoms with Crippen LogP contribution in [0.2, 0.25) is 0 Å². The summed E-state index contributed by atoms with van der Waals surface area (Å²) in [6.07, 6.45) is -1.36. The number of hydrogen-bond donors (Lipinski definition) is 1. The number of benzene rings is 1. The van der Waals surface area contributed by atoms with Crippen LogP contribution in [0.1, 0.15) is 33.3 Å². The van der Waals surface area contributed by atoms with Crippen LogP contribution in [0.3, 0.4) is 0 Å². The molecular weight excluding hydrogens is 539 g/mol. The lowest BCUT2D eigenvalue weighted by atomic mass is 9.99. The van der Waals surface area contributed by atoms with E-state index in [9.17, 15) is 23.1 Å². The summed E-state index contributed by atoms with van der Waals surface area (Å²) in [5.41, 5.74) is -1.07. The molecular formula is C20H26IN2O7S+. The number of nitrogens with zero attached hydrogens (tertiary/aromatic N) is 2. The van der Waals surface area contributed by atoms with Crippen LogP contribution in [0.5, 0.6) is 0 Å². The zero-order chi connectivity index (χ0) is 23.2. The molecule has 2 aliphatic rings. The standard InChI is InChI=1S/C20H25IN2O7S/c1-5-30-18(24)16-17(31(27,28)22-8-10-29-11-9-22)14-12-13(21)6-7-15(14)23(16,19(25)26)20(2,3)4/h6-7,12H,5,8-11H2,1-4H3/p+1. The van der Waals surface area contributed by atoms with Crippen molar-refractivity contribution in [2.75, 3.05) is 32.9 Å². The maximum Gasteiger partial charge on any atom is 0.524 e. The highest BCUT2D eigenvalue weighted by Gasteiger charge is 2.65.